The number of hydrogen-bond acceptors (Lipinski definition) is 3. The molecule has 0 amide bonds. The average molecular weight is 286 g/mol. The smallest absolute Gasteiger partial charge is 0.208 e. The number of hydrogen-bond donors (Lipinski definition) is 2. The molecule has 1 fully saturated rings. The van der Waals surface area contributed by atoms with E-state index in [1.807, 2.05) is 12.1 Å². The maximum absolute atomic E-state index is 13.5. The van der Waals surface area contributed by atoms with Gasteiger partial charge in [-0.2, -0.15) is 0 Å². The van der Waals surface area contributed by atoms with Gasteiger partial charge in [-0.3, -0.25) is 0 Å². The fourth-order valence-corrected chi connectivity index (χ4v) is 2.83. The van der Waals surface area contributed by atoms with Gasteiger partial charge in [0.25, 0.3) is 0 Å². The molecule has 2 N–H and O–H groups in total. The molecule has 0 bridgehead atoms. The SMILES string of the molecule is CS(=O)(=O)NCCNC1CC(c2ccccc2F)C1. The van der Waals surface area contributed by atoms with E-state index in [0.29, 0.717) is 19.1 Å². The molecular weight excluding hydrogens is 267 g/mol. The van der Waals surface area contributed by atoms with Crippen LogP contribution in [0.1, 0.15) is 24.3 Å². The van der Waals surface area contributed by atoms with E-state index in [0.717, 1.165) is 24.7 Å². The molecule has 0 aromatic heterocycles. The maximum atomic E-state index is 13.5. The summed E-state index contributed by atoms with van der Waals surface area (Å²) in [7, 11) is -3.11. The lowest BCUT2D eigenvalue weighted by atomic mass is 9.75. The summed E-state index contributed by atoms with van der Waals surface area (Å²) in [5.41, 5.74) is 0.787. The lowest BCUT2D eigenvalue weighted by Gasteiger charge is -2.36. The van der Waals surface area contributed by atoms with Gasteiger partial charge in [-0.15, -0.1) is 0 Å². The van der Waals surface area contributed by atoms with Crippen LogP contribution in [0.5, 0.6) is 0 Å². The second kappa shape index (κ2) is 5.98. The van der Waals surface area contributed by atoms with Crippen LogP contribution in [0.15, 0.2) is 24.3 Å². The largest absolute Gasteiger partial charge is 0.313 e. The molecule has 0 unspecified atom stereocenters. The van der Waals surface area contributed by atoms with Crippen molar-refractivity contribution in [2.24, 2.45) is 0 Å². The molecule has 6 heteroatoms. The van der Waals surface area contributed by atoms with Crippen molar-refractivity contribution in [3.63, 3.8) is 0 Å². The zero-order valence-corrected chi connectivity index (χ0v) is 11.7. The van der Waals surface area contributed by atoms with Gasteiger partial charge in [0.2, 0.25) is 10.0 Å². The van der Waals surface area contributed by atoms with Gasteiger partial charge >= 0.3 is 0 Å². The molecule has 4 nitrogen and oxygen atoms in total. The minimum atomic E-state index is -3.11. The van der Waals surface area contributed by atoms with Crippen molar-refractivity contribution in [1.82, 2.24) is 10.0 Å². The molecule has 0 heterocycles. The molecule has 0 aliphatic heterocycles. The fourth-order valence-electron chi connectivity index (χ4n) is 2.36. The van der Waals surface area contributed by atoms with Gasteiger partial charge in [-0.1, -0.05) is 18.2 Å². The molecule has 0 spiro atoms. The van der Waals surface area contributed by atoms with Crippen molar-refractivity contribution < 1.29 is 12.8 Å². The lowest BCUT2D eigenvalue weighted by molar-refractivity contribution is 0.287. The zero-order chi connectivity index (χ0) is 13.9. The van der Waals surface area contributed by atoms with Crippen LogP contribution in [0.2, 0.25) is 0 Å². The summed E-state index contributed by atoms with van der Waals surface area (Å²) < 4.78 is 37.7. The second-order valence-electron chi connectivity index (χ2n) is 5.01. The Balaban J connectivity index is 1.68. The van der Waals surface area contributed by atoms with Crippen molar-refractivity contribution >= 4 is 10.0 Å². The van der Waals surface area contributed by atoms with E-state index in [4.69, 9.17) is 0 Å². The molecule has 2 rings (SSSR count). The Labute approximate surface area is 113 Å². The molecule has 1 saturated carbocycles. The summed E-state index contributed by atoms with van der Waals surface area (Å²) in [5.74, 6) is 0.145. The highest BCUT2D eigenvalue weighted by Crippen LogP contribution is 2.37. The van der Waals surface area contributed by atoms with E-state index in [1.54, 1.807) is 6.07 Å². The van der Waals surface area contributed by atoms with Crippen LogP contribution in [0.3, 0.4) is 0 Å². The lowest BCUT2D eigenvalue weighted by Crippen LogP contribution is -2.43. The first-order chi connectivity index (χ1) is 8.96. The van der Waals surface area contributed by atoms with Gasteiger partial charge in [0, 0.05) is 19.1 Å². The number of rotatable bonds is 6. The molecule has 0 atom stereocenters. The molecule has 0 saturated heterocycles. The molecule has 0 radical (unpaired) electrons. The molecule has 106 valence electrons. The maximum Gasteiger partial charge on any atom is 0.208 e. The molecule has 1 aromatic carbocycles. The van der Waals surface area contributed by atoms with E-state index in [2.05, 4.69) is 10.0 Å². The summed E-state index contributed by atoms with van der Waals surface area (Å²) in [5, 5.41) is 3.26. The summed E-state index contributed by atoms with van der Waals surface area (Å²) in [6.45, 7) is 0.988. The van der Waals surface area contributed by atoms with E-state index in [-0.39, 0.29) is 11.7 Å². The second-order valence-corrected chi connectivity index (χ2v) is 6.84. The predicted octanol–water partition coefficient (Wildman–Crippen LogP) is 1.21. The summed E-state index contributed by atoms with van der Waals surface area (Å²) >= 11 is 0. The highest BCUT2D eigenvalue weighted by molar-refractivity contribution is 7.88. The van der Waals surface area contributed by atoms with Crippen LogP contribution >= 0.6 is 0 Å². The standard InChI is InChI=1S/C13H19FN2O2S/c1-19(17,18)16-7-6-15-11-8-10(9-11)12-4-2-3-5-13(12)14/h2-5,10-11,15-16H,6-9H2,1H3. The Hall–Kier alpha value is -0.980. The third-order valence-corrected chi connectivity index (χ3v) is 4.13. The van der Waals surface area contributed by atoms with Crippen LogP contribution in [0, 0.1) is 5.82 Å². The van der Waals surface area contributed by atoms with Crippen LogP contribution in [-0.4, -0.2) is 33.8 Å². The molecule has 1 aliphatic carbocycles. The van der Waals surface area contributed by atoms with Crippen molar-refractivity contribution in [2.45, 2.75) is 24.8 Å². The number of nitrogens with one attached hydrogen (secondary N) is 2. The van der Waals surface area contributed by atoms with Gasteiger partial charge in [-0.05, 0) is 30.4 Å². The Morgan fingerprint density at radius 3 is 2.58 bits per heavy atom. The Morgan fingerprint density at radius 2 is 1.95 bits per heavy atom. The Bertz CT molecular complexity index is 527. The van der Waals surface area contributed by atoms with E-state index in [1.165, 1.54) is 6.07 Å². The van der Waals surface area contributed by atoms with Crippen molar-refractivity contribution in [3.05, 3.63) is 35.6 Å². The third kappa shape index (κ3) is 4.26. The first kappa shape index (κ1) is 14.4. The van der Waals surface area contributed by atoms with Gasteiger partial charge in [0.1, 0.15) is 5.82 Å². The van der Waals surface area contributed by atoms with Crippen molar-refractivity contribution in [2.75, 3.05) is 19.3 Å². The first-order valence-corrected chi connectivity index (χ1v) is 8.27. The Kier molecular flexibility index (Phi) is 4.54. The minimum absolute atomic E-state index is 0.135. The summed E-state index contributed by atoms with van der Waals surface area (Å²) in [4.78, 5) is 0. The van der Waals surface area contributed by atoms with E-state index < -0.39 is 10.0 Å². The van der Waals surface area contributed by atoms with Gasteiger partial charge in [0.05, 0.1) is 6.26 Å². The number of halogens is 1. The fraction of sp³-hybridized carbons (Fsp3) is 0.538. The third-order valence-electron chi connectivity index (χ3n) is 3.41. The quantitative estimate of drug-likeness (QED) is 0.773. The molecular formula is C13H19FN2O2S. The predicted molar refractivity (Wildman–Crippen MR) is 73.0 cm³/mol. The van der Waals surface area contributed by atoms with Crippen molar-refractivity contribution in [3.8, 4) is 0 Å². The first-order valence-electron chi connectivity index (χ1n) is 6.38. The Morgan fingerprint density at radius 1 is 1.26 bits per heavy atom. The van der Waals surface area contributed by atoms with Crippen LogP contribution in [0.4, 0.5) is 4.39 Å². The summed E-state index contributed by atoms with van der Waals surface area (Å²) in [6.07, 6.45) is 2.95. The average Bonchev–Trinajstić information content (AvgIpc) is 2.27. The number of benzene rings is 1. The summed E-state index contributed by atoms with van der Waals surface area (Å²) in [6, 6.07) is 7.23. The van der Waals surface area contributed by atoms with Crippen LogP contribution in [0.25, 0.3) is 0 Å². The number of sulfonamides is 1. The molecule has 1 aromatic rings. The zero-order valence-electron chi connectivity index (χ0n) is 10.9. The van der Waals surface area contributed by atoms with Crippen molar-refractivity contribution in [1.29, 1.82) is 0 Å². The minimum Gasteiger partial charge on any atom is -0.313 e. The monoisotopic (exact) mass is 286 g/mol. The van der Waals surface area contributed by atoms with E-state index >= 15 is 0 Å². The van der Waals surface area contributed by atoms with Gasteiger partial charge in [-0.25, -0.2) is 17.5 Å². The highest BCUT2D eigenvalue weighted by atomic mass is 32.2. The van der Waals surface area contributed by atoms with Crippen LogP contribution in [-0.2, 0) is 10.0 Å². The topological polar surface area (TPSA) is 58.2 Å². The normalized spacial score (nSPS) is 23.1. The molecule has 19 heavy (non-hydrogen) atoms. The van der Waals surface area contributed by atoms with E-state index in [9.17, 15) is 12.8 Å². The highest BCUT2D eigenvalue weighted by Gasteiger charge is 2.31. The van der Waals surface area contributed by atoms with Gasteiger partial charge < -0.3 is 5.32 Å². The molecule has 1 aliphatic rings. The van der Waals surface area contributed by atoms with Crippen LogP contribution < -0.4 is 10.0 Å². The van der Waals surface area contributed by atoms with Gasteiger partial charge in [0.15, 0.2) is 0 Å².